The van der Waals surface area contributed by atoms with Gasteiger partial charge in [-0.1, -0.05) is 47.5 Å². The molecule has 1 unspecified atom stereocenters. The second-order valence-electron chi connectivity index (χ2n) is 11.0. The van der Waals surface area contributed by atoms with Crippen LogP contribution in [0.3, 0.4) is 0 Å². The zero-order valence-corrected chi connectivity index (χ0v) is 27.9. The Kier molecular flexibility index (Phi) is 18.3. The minimum atomic E-state index is -0.0656. The molecule has 1 atom stereocenters. The average Bonchev–Trinajstić information content (AvgIpc) is 2.93. The molecule has 0 N–H and O–H groups in total. The van der Waals surface area contributed by atoms with Crippen LogP contribution < -0.4 is 9.47 Å². The molecule has 0 bridgehead atoms. The van der Waals surface area contributed by atoms with Crippen LogP contribution in [0.5, 0.6) is 17.2 Å². The van der Waals surface area contributed by atoms with Crippen LogP contribution in [0.1, 0.15) is 97.5 Å². The molecule has 0 saturated heterocycles. The number of nitrogens with zero attached hydrogens (tertiary/aromatic N) is 3. The van der Waals surface area contributed by atoms with Crippen molar-refractivity contribution in [1.29, 1.82) is 0 Å². The van der Waals surface area contributed by atoms with Crippen LogP contribution in [-0.4, -0.2) is 63.3 Å². The van der Waals surface area contributed by atoms with Crippen molar-refractivity contribution in [2.24, 2.45) is 9.98 Å². The third kappa shape index (κ3) is 15.4. The van der Waals surface area contributed by atoms with E-state index in [9.17, 15) is 4.79 Å². The van der Waals surface area contributed by atoms with Gasteiger partial charge in [-0.05, 0) is 81.5 Å². The summed E-state index contributed by atoms with van der Waals surface area (Å²) in [5.74, 6) is 2.93. The Balaban J connectivity index is 0.00000112. The molecule has 0 saturated carbocycles. The second kappa shape index (κ2) is 19.8. The summed E-state index contributed by atoms with van der Waals surface area (Å²) in [6.07, 6.45) is 3.56. The van der Waals surface area contributed by atoms with E-state index in [2.05, 4.69) is 56.7 Å². The van der Waals surface area contributed by atoms with E-state index in [4.69, 9.17) is 14.2 Å². The zero-order chi connectivity index (χ0) is 31.6. The van der Waals surface area contributed by atoms with Crippen LogP contribution in [0, 0.1) is 0 Å². The number of amides is 1. The third-order valence-electron chi connectivity index (χ3n) is 6.24. The first-order valence-electron chi connectivity index (χ1n) is 14.5. The van der Waals surface area contributed by atoms with Crippen LogP contribution >= 0.6 is 0 Å². The molecule has 7 nitrogen and oxygen atoms in total. The van der Waals surface area contributed by atoms with Crippen LogP contribution in [0.15, 0.2) is 52.4 Å². The number of benzene rings is 2. The summed E-state index contributed by atoms with van der Waals surface area (Å²) in [5.41, 5.74) is 2.81. The summed E-state index contributed by atoms with van der Waals surface area (Å²) >= 11 is 0. The summed E-state index contributed by atoms with van der Waals surface area (Å²) in [5, 5.41) is 0. The number of hydrogen-bond donors (Lipinski definition) is 0. The molecule has 0 heterocycles. The van der Waals surface area contributed by atoms with Gasteiger partial charge in [-0.25, -0.2) is 4.99 Å². The maximum Gasteiger partial charge on any atom is 0.253 e. The van der Waals surface area contributed by atoms with Crippen LogP contribution in [0.25, 0.3) is 0 Å². The van der Waals surface area contributed by atoms with Gasteiger partial charge >= 0.3 is 0 Å². The molecule has 2 aromatic rings. The zero-order valence-electron chi connectivity index (χ0n) is 27.9. The van der Waals surface area contributed by atoms with Gasteiger partial charge < -0.3 is 19.1 Å². The number of amidine groups is 1. The van der Waals surface area contributed by atoms with Gasteiger partial charge in [-0.2, -0.15) is 0 Å². The fourth-order valence-electron chi connectivity index (χ4n) is 3.23. The van der Waals surface area contributed by atoms with Crippen molar-refractivity contribution in [2.45, 2.75) is 93.1 Å². The van der Waals surface area contributed by atoms with E-state index in [0.29, 0.717) is 23.7 Å². The van der Waals surface area contributed by atoms with Crippen LogP contribution in [0.4, 0.5) is 0 Å². The lowest BCUT2D eigenvalue weighted by molar-refractivity contribution is 0.0827. The number of carbonyl (C=O) groups is 1. The van der Waals surface area contributed by atoms with E-state index in [0.717, 1.165) is 29.3 Å². The minimum absolute atomic E-state index is 0.00996. The topological polar surface area (TPSA) is 72.7 Å². The smallest absolute Gasteiger partial charge is 0.253 e. The van der Waals surface area contributed by atoms with Crippen molar-refractivity contribution in [3.8, 4) is 17.2 Å². The molecule has 230 valence electrons. The first-order chi connectivity index (χ1) is 19.2. The van der Waals surface area contributed by atoms with E-state index in [-0.39, 0.29) is 17.4 Å². The molecule has 0 aliphatic carbocycles. The maximum atomic E-state index is 12.1. The Morgan fingerprint density at radius 1 is 0.927 bits per heavy atom. The van der Waals surface area contributed by atoms with Gasteiger partial charge in [0.25, 0.3) is 5.91 Å². The molecule has 0 spiro atoms. The number of hydrogen-bond acceptors (Lipinski definition) is 5. The molecule has 0 aliphatic heterocycles. The van der Waals surface area contributed by atoms with Gasteiger partial charge in [-0.15, -0.1) is 0 Å². The molecule has 2 aromatic carbocycles. The van der Waals surface area contributed by atoms with Gasteiger partial charge in [0.05, 0.1) is 6.61 Å². The van der Waals surface area contributed by atoms with Crippen molar-refractivity contribution in [3.63, 3.8) is 0 Å². The minimum Gasteiger partial charge on any atom is -0.488 e. The highest BCUT2D eigenvalue weighted by Crippen LogP contribution is 2.35. The Morgan fingerprint density at radius 3 is 1.90 bits per heavy atom. The number of carbonyl (C=O) groups excluding carboxylic acids is 1. The van der Waals surface area contributed by atoms with Gasteiger partial charge in [0.15, 0.2) is 0 Å². The SMILES string of the molecule is CCC(C)(C)c1cc(Oc2ccc(C(=O)N(C)C)cc2)cc(OC(C)COC)c1.CCCC.CN=C(C)N=C(C)C. The second-order valence-corrected chi connectivity index (χ2v) is 11.0. The molecular formula is C34H55N3O4. The lowest BCUT2D eigenvalue weighted by atomic mass is 9.82. The molecular weight excluding hydrogens is 514 g/mol. The summed E-state index contributed by atoms with van der Waals surface area (Å²) in [6.45, 7) is 19.2. The van der Waals surface area contributed by atoms with Gasteiger partial charge in [0.1, 0.15) is 29.2 Å². The summed E-state index contributed by atoms with van der Waals surface area (Å²) < 4.78 is 17.3. The highest BCUT2D eigenvalue weighted by Gasteiger charge is 2.21. The highest BCUT2D eigenvalue weighted by atomic mass is 16.5. The lowest BCUT2D eigenvalue weighted by Gasteiger charge is -2.25. The molecule has 7 heteroatoms. The largest absolute Gasteiger partial charge is 0.488 e. The highest BCUT2D eigenvalue weighted by molar-refractivity contribution is 5.94. The average molecular weight is 570 g/mol. The predicted octanol–water partition coefficient (Wildman–Crippen LogP) is 8.60. The molecule has 0 aromatic heterocycles. The normalized spacial score (nSPS) is 11.7. The predicted molar refractivity (Wildman–Crippen MR) is 175 cm³/mol. The standard InChI is InChI=1S/C24H33NO4.C6H12N2.C4H10/c1-8-24(3,4)19-13-21(28-17(2)16-27-7)15-22(14-19)29-20-11-9-18(10-12-20)23(26)25(5)6;1-5(2)8-6(3)7-4;1-3-4-2/h9-15,17H,8,16H2,1-7H3;1-4H3;3-4H2,1-2H3. The fraction of sp³-hybridized carbons (Fsp3) is 0.559. The van der Waals surface area contributed by atoms with Crippen LogP contribution in [0.2, 0.25) is 0 Å². The Labute approximate surface area is 250 Å². The van der Waals surface area contributed by atoms with E-state index >= 15 is 0 Å². The van der Waals surface area contributed by atoms with Gasteiger partial charge in [0.2, 0.25) is 0 Å². The summed E-state index contributed by atoms with van der Waals surface area (Å²) in [7, 11) is 6.87. The first-order valence-corrected chi connectivity index (χ1v) is 14.5. The summed E-state index contributed by atoms with van der Waals surface area (Å²) in [4.78, 5) is 21.5. The van der Waals surface area contributed by atoms with Gasteiger partial charge in [-0.3, -0.25) is 9.79 Å². The molecule has 41 heavy (non-hydrogen) atoms. The number of aliphatic imine (C=N–C) groups is 2. The van der Waals surface area contributed by atoms with E-state index in [1.165, 1.54) is 12.8 Å². The number of unbranched alkanes of at least 4 members (excludes halogenated alkanes) is 1. The van der Waals surface area contributed by atoms with Crippen molar-refractivity contribution < 1.29 is 19.0 Å². The molecule has 2 rings (SSSR count). The molecule has 0 aliphatic rings. The Hall–Kier alpha value is -3.19. The molecule has 0 fully saturated rings. The molecule has 0 radical (unpaired) electrons. The van der Waals surface area contributed by atoms with Crippen molar-refractivity contribution >= 4 is 17.5 Å². The molecule has 1 amide bonds. The third-order valence-corrected chi connectivity index (χ3v) is 6.24. The van der Waals surface area contributed by atoms with Crippen LogP contribution in [-0.2, 0) is 10.2 Å². The fourth-order valence-corrected chi connectivity index (χ4v) is 3.23. The Bertz CT molecular complexity index is 1080. The van der Waals surface area contributed by atoms with Gasteiger partial charge in [0, 0.05) is 45.6 Å². The van der Waals surface area contributed by atoms with E-state index < -0.39 is 0 Å². The lowest BCUT2D eigenvalue weighted by Crippen LogP contribution is -2.21. The number of ether oxygens (including phenoxy) is 3. The summed E-state index contributed by atoms with van der Waals surface area (Å²) in [6, 6.07) is 13.2. The maximum absolute atomic E-state index is 12.1. The quantitative estimate of drug-likeness (QED) is 0.212. The van der Waals surface area contributed by atoms with Crippen molar-refractivity contribution in [2.75, 3.05) is 34.9 Å². The number of methoxy groups -OCH3 is 1. The first kappa shape index (κ1) is 37.8. The monoisotopic (exact) mass is 569 g/mol. The van der Waals surface area contributed by atoms with Crippen molar-refractivity contribution in [3.05, 3.63) is 53.6 Å². The van der Waals surface area contributed by atoms with E-state index in [1.807, 2.05) is 45.9 Å². The van der Waals surface area contributed by atoms with E-state index in [1.54, 1.807) is 45.3 Å². The van der Waals surface area contributed by atoms with Crippen molar-refractivity contribution in [1.82, 2.24) is 4.90 Å². The number of rotatable bonds is 10. The Morgan fingerprint density at radius 2 is 1.49 bits per heavy atom.